The fraction of sp³-hybridized carbons (Fsp3) is 1.00. The molecule has 1 heterocycles. The summed E-state index contributed by atoms with van der Waals surface area (Å²) in [5, 5.41) is 3.54. The first-order chi connectivity index (χ1) is 7.72. The van der Waals surface area contributed by atoms with Crippen molar-refractivity contribution >= 4 is 11.6 Å². The van der Waals surface area contributed by atoms with Gasteiger partial charge in [-0.25, -0.2) is 0 Å². The van der Waals surface area contributed by atoms with Crippen LogP contribution < -0.4 is 5.32 Å². The van der Waals surface area contributed by atoms with Crippen LogP contribution in [0.15, 0.2) is 0 Å². The number of alkyl halides is 1. The summed E-state index contributed by atoms with van der Waals surface area (Å²) >= 11 is 5.93. The quantitative estimate of drug-likeness (QED) is 0.526. The molecule has 1 N–H and O–H groups in total. The topological polar surface area (TPSA) is 21.3 Å². The summed E-state index contributed by atoms with van der Waals surface area (Å²) in [6.45, 7) is 6.53. The molecule has 0 aromatic carbocycles. The Labute approximate surface area is 105 Å². The highest BCUT2D eigenvalue weighted by atomic mass is 35.5. The Morgan fingerprint density at radius 3 is 2.81 bits per heavy atom. The molecule has 1 fully saturated rings. The van der Waals surface area contributed by atoms with Crippen molar-refractivity contribution in [3.63, 3.8) is 0 Å². The first-order valence-corrected chi connectivity index (χ1v) is 7.16. The molecule has 96 valence electrons. The molecule has 1 rings (SSSR count). The van der Waals surface area contributed by atoms with Crippen LogP contribution in [0, 0.1) is 5.92 Å². The number of hydrogen-bond acceptors (Lipinski definition) is 2. The molecule has 2 unspecified atom stereocenters. The summed E-state index contributed by atoms with van der Waals surface area (Å²) in [6.07, 6.45) is 6.60. The van der Waals surface area contributed by atoms with E-state index in [0.717, 1.165) is 24.9 Å². The van der Waals surface area contributed by atoms with E-state index in [0.29, 0.717) is 12.1 Å². The maximum absolute atomic E-state index is 5.93. The van der Waals surface area contributed by atoms with Crippen LogP contribution in [0.2, 0.25) is 0 Å². The largest absolute Gasteiger partial charge is 0.378 e. The minimum absolute atomic E-state index is 0.478. The fourth-order valence-corrected chi connectivity index (χ4v) is 2.51. The molecule has 0 amide bonds. The van der Waals surface area contributed by atoms with Crippen molar-refractivity contribution in [2.24, 2.45) is 5.92 Å². The van der Waals surface area contributed by atoms with Gasteiger partial charge >= 0.3 is 0 Å². The highest BCUT2D eigenvalue weighted by Crippen LogP contribution is 2.16. The maximum Gasteiger partial charge on any atom is 0.0576 e. The van der Waals surface area contributed by atoms with Gasteiger partial charge in [-0.1, -0.05) is 13.8 Å². The summed E-state index contributed by atoms with van der Waals surface area (Å²) in [4.78, 5) is 0. The van der Waals surface area contributed by atoms with Gasteiger partial charge in [-0.3, -0.25) is 0 Å². The van der Waals surface area contributed by atoms with Gasteiger partial charge in [0.15, 0.2) is 0 Å². The lowest BCUT2D eigenvalue weighted by molar-refractivity contribution is 0.102. The molecule has 0 spiro atoms. The molecule has 2 atom stereocenters. The molecule has 1 aliphatic rings. The van der Waals surface area contributed by atoms with E-state index in [-0.39, 0.29) is 0 Å². The van der Waals surface area contributed by atoms with Crippen LogP contribution in [0.5, 0.6) is 0 Å². The van der Waals surface area contributed by atoms with E-state index >= 15 is 0 Å². The number of ether oxygens (including phenoxy) is 1. The van der Waals surface area contributed by atoms with Crippen LogP contribution in [-0.2, 0) is 4.74 Å². The highest BCUT2D eigenvalue weighted by molar-refractivity contribution is 6.18. The van der Waals surface area contributed by atoms with E-state index in [2.05, 4.69) is 19.2 Å². The zero-order chi connectivity index (χ0) is 11.8. The highest BCUT2D eigenvalue weighted by Gasteiger charge is 2.15. The molecule has 2 nitrogen and oxygen atoms in total. The third-order valence-corrected chi connectivity index (χ3v) is 3.47. The maximum atomic E-state index is 5.93. The van der Waals surface area contributed by atoms with Gasteiger partial charge in [-0.05, 0) is 44.6 Å². The van der Waals surface area contributed by atoms with Crippen LogP contribution in [0.1, 0.15) is 46.0 Å². The average molecular weight is 248 g/mol. The minimum Gasteiger partial charge on any atom is -0.378 e. The number of halogens is 1. The fourth-order valence-electron chi connectivity index (χ4n) is 2.28. The van der Waals surface area contributed by atoms with Crippen molar-refractivity contribution in [2.75, 3.05) is 19.0 Å². The van der Waals surface area contributed by atoms with E-state index in [4.69, 9.17) is 16.3 Å². The van der Waals surface area contributed by atoms with Gasteiger partial charge in [0.05, 0.1) is 6.10 Å². The van der Waals surface area contributed by atoms with E-state index in [1.54, 1.807) is 0 Å². The Morgan fingerprint density at radius 2 is 2.25 bits per heavy atom. The number of hydrogen-bond donors (Lipinski definition) is 1. The Balaban J connectivity index is 1.99. The Morgan fingerprint density at radius 1 is 1.44 bits per heavy atom. The molecule has 0 aliphatic carbocycles. The molecular weight excluding hydrogens is 222 g/mol. The summed E-state index contributed by atoms with van der Waals surface area (Å²) in [5.74, 6) is 1.44. The molecule has 3 heteroatoms. The van der Waals surface area contributed by atoms with Crippen LogP contribution in [0.4, 0.5) is 0 Å². The van der Waals surface area contributed by atoms with Crippen LogP contribution >= 0.6 is 11.6 Å². The number of rotatable bonds is 8. The normalized spacial score (nSPS) is 22.9. The van der Waals surface area contributed by atoms with Crippen LogP contribution in [-0.4, -0.2) is 31.2 Å². The Hall–Kier alpha value is 0.210. The third-order valence-electron chi connectivity index (χ3n) is 3.10. The second-order valence-electron chi connectivity index (χ2n) is 5.21. The van der Waals surface area contributed by atoms with Gasteiger partial charge in [0, 0.05) is 18.5 Å². The number of nitrogens with one attached hydrogen (secondary N) is 1. The van der Waals surface area contributed by atoms with Crippen LogP contribution in [0.25, 0.3) is 0 Å². The van der Waals surface area contributed by atoms with E-state index in [1.165, 1.54) is 32.1 Å². The standard InChI is InChI=1S/C13H26ClNO/c1-11(2)9-12(10-14)15-7-3-5-13-6-4-8-16-13/h11-13,15H,3-10H2,1-2H3. The second-order valence-corrected chi connectivity index (χ2v) is 5.52. The molecule has 16 heavy (non-hydrogen) atoms. The monoisotopic (exact) mass is 247 g/mol. The van der Waals surface area contributed by atoms with Gasteiger partial charge in [0.2, 0.25) is 0 Å². The molecule has 1 saturated heterocycles. The minimum atomic E-state index is 0.478. The second kappa shape index (κ2) is 8.32. The van der Waals surface area contributed by atoms with E-state index < -0.39 is 0 Å². The van der Waals surface area contributed by atoms with Crippen molar-refractivity contribution in [2.45, 2.75) is 58.1 Å². The zero-order valence-electron chi connectivity index (χ0n) is 10.7. The van der Waals surface area contributed by atoms with Gasteiger partial charge < -0.3 is 10.1 Å². The predicted molar refractivity (Wildman–Crippen MR) is 70.2 cm³/mol. The van der Waals surface area contributed by atoms with Gasteiger partial charge in [0.1, 0.15) is 0 Å². The molecule has 0 aromatic heterocycles. The summed E-state index contributed by atoms with van der Waals surface area (Å²) in [5.41, 5.74) is 0. The third kappa shape index (κ3) is 6.07. The van der Waals surface area contributed by atoms with Crippen molar-refractivity contribution in [3.05, 3.63) is 0 Å². The Kier molecular flexibility index (Phi) is 7.42. The lowest BCUT2D eigenvalue weighted by atomic mass is 10.0. The lowest BCUT2D eigenvalue weighted by Crippen LogP contribution is -2.33. The average Bonchev–Trinajstić information content (AvgIpc) is 2.74. The molecule has 0 saturated carbocycles. The summed E-state index contributed by atoms with van der Waals surface area (Å²) in [6, 6.07) is 0.478. The first kappa shape index (κ1) is 14.3. The summed E-state index contributed by atoms with van der Waals surface area (Å²) in [7, 11) is 0. The van der Waals surface area contributed by atoms with Crippen molar-refractivity contribution < 1.29 is 4.74 Å². The molecular formula is C13H26ClNO. The molecule has 1 aliphatic heterocycles. The zero-order valence-corrected chi connectivity index (χ0v) is 11.4. The van der Waals surface area contributed by atoms with Gasteiger partial charge in [0.25, 0.3) is 0 Å². The van der Waals surface area contributed by atoms with E-state index in [9.17, 15) is 0 Å². The van der Waals surface area contributed by atoms with E-state index in [1.807, 2.05) is 0 Å². The van der Waals surface area contributed by atoms with Crippen molar-refractivity contribution in [1.82, 2.24) is 5.32 Å². The lowest BCUT2D eigenvalue weighted by Gasteiger charge is -2.18. The van der Waals surface area contributed by atoms with Crippen molar-refractivity contribution in [3.8, 4) is 0 Å². The molecule has 0 radical (unpaired) electrons. The molecule has 0 aromatic rings. The molecule has 0 bridgehead atoms. The predicted octanol–water partition coefficient (Wildman–Crippen LogP) is 3.19. The van der Waals surface area contributed by atoms with Crippen molar-refractivity contribution in [1.29, 1.82) is 0 Å². The van der Waals surface area contributed by atoms with Crippen LogP contribution in [0.3, 0.4) is 0 Å². The smallest absolute Gasteiger partial charge is 0.0576 e. The SMILES string of the molecule is CC(C)CC(CCl)NCCCC1CCCO1. The van der Waals surface area contributed by atoms with Gasteiger partial charge in [-0.2, -0.15) is 0 Å². The summed E-state index contributed by atoms with van der Waals surface area (Å²) < 4.78 is 5.60. The first-order valence-electron chi connectivity index (χ1n) is 6.63. The van der Waals surface area contributed by atoms with Gasteiger partial charge in [-0.15, -0.1) is 11.6 Å². The Bertz CT molecular complexity index is 169.